The number of halogens is 1. The first-order valence-electron chi connectivity index (χ1n) is 5.46. The molecule has 0 saturated heterocycles. The molecule has 0 amide bonds. The van der Waals surface area contributed by atoms with Gasteiger partial charge in [-0.05, 0) is 47.0 Å². The Morgan fingerprint density at radius 3 is 2.79 bits per heavy atom. The van der Waals surface area contributed by atoms with Gasteiger partial charge in [0.25, 0.3) is 0 Å². The van der Waals surface area contributed by atoms with Crippen LogP contribution in [0.4, 0.5) is 5.69 Å². The van der Waals surface area contributed by atoms with Gasteiger partial charge in [-0.15, -0.1) is 0 Å². The van der Waals surface area contributed by atoms with Crippen molar-refractivity contribution in [2.24, 2.45) is 0 Å². The van der Waals surface area contributed by atoms with E-state index in [0.29, 0.717) is 10.6 Å². The fraction of sp³-hybridized carbons (Fsp3) is 0.167. The summed E-state index contributed by atoms with van der Waals surface area (Å²) in [5.74, 6) is 0. The van der Waals surface area contributed by atoms with Gasteiger partial charge in [0.15, 0.2) is 0 Å². The molecule has 0 fully saturated rings. The van der Waals surface area contributed by atoms with Crippen molar-refractivity contribution in [1.29, 1.82) is 0 Å². The van der Waals surface area contributed by atoms with Crippen LogP contribution in [-0.2, 0) is 16.6 Å². The smallest absolute Gasteiger partial charge is 0.241 e. The number of benzene rings is 1. The molecule has 0 saturated carbocycles. The second-order valence-electron chi connectivity index (χ2n) is 4.10. The Kier molecular flexibility index (Phi) is 4.15. The van der Waals surface area contributed by atoms with Crippen molar-refractivity contribution in [3.8, 4) is 0 Å². The number of aryl methyl sites for hydroxylation is 1. The van der Waals surface area contributed by atoms with Crippen LogP contribution in [0.2, 0.25) is 5.02 Å². The average molecular weight is 317 g/mol. The molecule has 2 rings (SSSR count). The maximum Gasteiger partial charge on any atom is 0.241 e. The highest BCUT2D eigenvalue weighted by Gasteiger charge is 2.18. The van der Waals surface area contributed by atoms with Crippen molar-refractivity contribution in [3.63, 3.8) is 0 Å². The second kappa shape index (κ2) is 5.50. The predicted octanol–water partition coefficient (Wildman–Crippen LogP) is 2.77. The predicted molar refractivity (Wildman–Crippen MR) is 78.9 cm³/mol. The zero-order chi connectivity index (χ0) is 14.0. The molecule has 0 radical (unpaired) electrons. The lowest BCUT2D eigenvalue weighted by atomic mass is 10.2. The van der Waals surface area contributed by atoms with E-state index in [4.69, 9.17) is 17.3 Å². The average Bonchev–Trinajstić information content (AvgIpc) is 2.84. The molecule has 0 aliphatic rings. The lowest BCUT2D eigenvalue weighted by molar-refractivity contribution is 0.581. The number of nitrogens with two attached hydrogens (primary N) is 1. The zero-order valence-electron chi connectivity index (χ0n) is 10.2. The highest BCUT2D eigenvalue weighted by molar-refractivity contribution is 7.89. The fourth-order valence-corrected chi connectivity index (χ4v) is 3.77. The molecule has 4 nitrogen and oxygen atoms in total. The van der Waals surface area contributed by atoms with E-state index in [1.807, 2.05) is 16.8 Å². The van der Waals surface area contributed by atoms with Crippen molar-refractivity contribution in [2.45, 2.75) is 18.4 Å². The minimum atomic E-state index is -3.59. The number of hydrogen-bond acceptors (Lipinski definition) is 4. The Labute approximate surface area is 121 Å². The molecule has 1 aromatic heterocycles. The standard InChI is InChI=1S/C12H13ClN2O2S2/c1-8-4-10(13)11(14)5-12(8)19(16,17)15-6-9-2-3-18-7-9/h2-5,7,15H,6,14H2,1H3. The minimum Gasteiger partial charge on any atom is -0.397 e. The first kappa shape index (κ1) is 14.3. The topological polar surface area (TPSA) is 72.2 Å². The lowest BCUT2D eigenvalue weighted by Crippen LogP contribution is -2.24. The van der Waals surface area contributed by atoms with Gasteiger partial charge in [0.05, 0.1) is 15.6 Å². The van der Waals surface area contributed by atoms with Crippen LogP contribution < -0.4 is 10.5 Å². The molecule has 0 aliphatic heterocycles. The number of hydrogen-bond donors (Lipinski definition) is 2. The summed E-state index contributed by atoms with van der Waals surface area (Å²) < 4.78 is 27.0. The Morgan fingerprint density at radius 1 is 1.42 bits per heavy atom. The maximum atomic E-state index is 12.2. The number of thiophene rings is 1. The Bertz CT molecular complexity index is 682. The van der Waals surface area contributed by atoms with Gasteiger partial charge in [0.1, 0.15) is 0 Å². The molecule has 0 spiro atoms. The van der Waals surface area contributed by atoms with Crippen LogP contribution in [0.5, 0.6) is 0 Å². The highest BCUT2D eigenvalue weighted by atomic mass is 35.5. The summed E-state index contributed by atoms with van der Waals surface area (Å²) >= 11 is 7.38. The van der Waals surface area contributed by atoms with E-state index < -0.39 is 10.0 Å². The first-order valence-corrected chi connectivity index (χ1v) is 8.27. The van der Waals surface area contributed by atoms with Crippen molar-refractivity contribution in [2.75, 3.05) is 5.73 Å². The van der Waals surface area contributed by atoms with E-state index in [9.17, 15) is 8.42 Å². The Morgan fingerprint density at radius 2 is 2.16 bits per heavy atom. The molecule has 3 N–H and O–H groups in total. The van der Waals surface area contributed by atoms with Crippen LogP contribution in [0.15, 0.2) is 33.9 Å². The van der Waals surface area contributed by atoms with Crippen LogP contribution >= 0.6 is 22.9 Å². The van der Waals surface area contributed by atoms with Gasteiger partial charge in [-0.25, -0.2) is 13.1 Å². The van der Waals surface area contributed by atoms with Gasteiger partial charge >= 0.3 is 0 Å². The minimum absolute atomic E-state index is 0.157. The molecule has 0 atom stereocenters. The van der Waals surface area contributed by atoms with Gasteiger partial charge in [-0.2, -0.15) is 11.3 Å². The SMILES string of the molecule is Cc1cc(Cl)c(N)cc1S(=O)(=O)NCc1ccsc1. The van der Waals surface area contributed by atoms with Gasteiger partial charge in [0.2, 0.25) is 10.0 Å². The summed E-state index contributed by atoms with van der Waals surface area (Å²) in [4.78, 5) is 0.157. The molecule has 7 heteroatoms. The molecule has 102 valence electrons. The highest BCUT2D eigenvalue weighted by Crippen LogP contribution is 2.26. The number of sulfonamides is 1. The lowest BCUT2D eigenvalue weighted by Gasteiger charge is -2.10. The van der Waals surface area contributed by atoms with Gasteiger partial charge in [-0.3, -0.25) is 0 Å². The molecular weight excluding hydrogens is 304 g/mol. The molecule has 0 bridgehead atoms. The summed E-state index contributed by atoms with van der Waals surface area (Å²) in [6, 6.07) is 4.81. The summed E-state index contributed by atoms with van der Waals surface area (Å²) in [7, 11) is -3.59. The van der Waals surface area contributed by atoms with Crippen LogP contribution in [0.3, 0.4) is 0 Å². The van der Waals surface area contributed by atoms with E-state index in [1.54, 1.807) is 13.0 Å². The van der Waals surface area contributed by atoms with Crippen LogP contribution in [0, 0.1) is 6.92 Å². The van der Waals surface area contributed by atoms with E-state index in [2.05, 4.69) is 4.72 Å². The molecule has 19 heavy (non-hydrogen) atoms. The van der Waals surface area contributed by atoms with Crippen molar-refractivity contribution >= 4 is 38.6 Å². The fourth-order valence-electron chi connectivity index (χ4n) is 1.61. The van der Waals surface area contributed by atoms with Gasteiger partial charge in [0, 0.05) is 6.54 Å². The summed E-state index contributed by atoms with van der Waals surface area (Å²) in [6.07, 6.45) is 0. The normalized spacial score (nSPS) is 11.7. The van der Waals surface area contributed by atoms with Crippen molar-refractivity contribution in [1.82, 2.24) is 4.72 Å². The number of nitrogens with one attached hydrogen (secondary N) is 1. The maximum absolute atomic E-state index is 12.2. The van der Waals surface area contributed by atoms with Crippen LogP contribution in [-0.4, -0.2) is 8.42 Å². The number of nitrogen functional groups attached to an aromatic ring is 1. The largest absolute Gasteiger partial charge is 0.397 e. The summed E-state index contributed by atoms with van der Waals surface area (Å²) in [5, 5.41) is 4.15. The third-order valence-corrected chi connectivity index (χ3v) is 5.23. The van der Waals surface area contributed by atoms with E-state index in [1.165, 1.54) is 17.4 Å². The van der Waals surface area contributed by atoms with Crippen LogP contribution in [0.1, 0.15) is 11.1 Å². The van der Waals surface area contributed by atoms with E-state index in [-0.39, 0.29) is 17.1 Å². The zero-order valence-corrected chi connectivity index (χ0v) is 12.6. The van der Waals surface area contributed by atoms with E-state index >= 15 is 0 Å². The van der Waals surface area contributed by atoms with Crippen molar-refractivity contribution in [3.05, 3.63) is 45.1 Å². The third kappa shape index (κ3) is 3.27. The molecule has 0 unspecified atom stereocenters. The molecular formula is C12H13ClN2O2S2. The quantitative estimate of drug-likeness (QED) is 0.852. The Hall–Kier alpha value is -1.08. The Balaban J connectivity index is 2.27. The summed E-state index contributed by atoms with van der Waals surface area (Å²) in [6.45, 7) is 1.94. The molecule has 1 aromatic carbocycles. The monoisotopic (exact) mass is 316 g/mol. The molecule has 1 heterocycles. The van der Waals surface area contributed by atoms with Gasteiger partial charge in [-0.1, -0.05) is 11.6 Å². The van der Waals surface area contributed by atoms with Gasteiger partial charge < -0.3 is 5.73 Å². The van der Waals surface area contributed by atoms with Crippen molar-refractivity contribution < 1.29 is 8.42 Å². The molecule has 2 aromatic rings. The molecule has 0 aliphatic carbocycles. The second-order valence-corrected chi connectivity index (χ2v) is 7.02. The third-order valence-electron chi connectivity index (χ3n) is 2.63. The summed E-state index contributed by atoms with van der Waals surface area (Å²) in [5.41, 5.74) is 7.40. The number of anilines is 1. The van der Waals surface area contributed by atoms with Crippen LogP contribution in [0.25, 0.3) is 0 Å². The number of rotatable bonds is 4. The van der Waals surface area contributed by atoms with E-state index in [0.717, 1.165) is 5.56 Å². The first-order chi connectivity index (χ1) is 8.90.